The van der Waals surface area contributed by atoms with E-state index in [4.69, 9.17) is 0 Å². The van der Waals surface area contributed by atoms with Crippen molar-refractivity contribution >= 4 is 5.91 Å². The van der Waals surface area contributed by atoms with Crippen LogP contribution >= 0.6 is 0 Å². The molecule has 20 heavy (non-hydrogen) atoms. The first-order valence-corrected chi connectivity index (χ1v) is 7.22. The lowest BCUT2D eigenvalue weighted by Crippen LogP contribution is -2.32. The average Bonchev–Trinajstić information content (AvgIpc) is 2.97. The Labute approximate surface area is 119 Å². The second-order valence-electron chi connectivity index (χ2n) is 5.35. The van der Waals surface area contributed by atoms with Crippen molar-refractivity contribution in [2.24, 2.45) is 11.8 Å². The van der Waals surface area contributed by atoms with Gasteiger partial charge in [0.25, 0.3) is 0 Å². The third-order valence-electron chi connectivity index (χ3n) is 3.63. The van der Waals surface area contributed by atoms with Crippen LogP contribution in [0, 0.1) is 11.8 Å². The summed E-state index contributed by atoms with van der Waals surface area (Å²) in [4.78, 5) is 16.1. The summed E-state index contributed by atoms with van der Waals surface area (Å²) in [5, 5.41) is 12.3. The number of nitrogens with zero attached hydrogens (tertiary/aromatic N) is 1. The third kappa shape index (κ3) is 4.78. The predicted octanol–water partition coefficient (Wildman–Crippen LogP) is 1.71. The van der Waals surface area contributed by atoms with Gasteiger partial charge in [-0.2, -0.15) is 0 Å². The highest BCUT2D eigenvalue weighted by molar-refractivity contribution is 5.76. The monoisotopic (exact) mass is 274 g/mol. The van der Waals surface area contributed by atoms with Gasteiger partial charge in [0, 0.05) is 37.4 Å². The maximum Gasteiger partial charge on any atom is 0.220 e. The van der Waals surface area contributed by atoms with E-state index in [1.807, 2.05) is 18.2 Å². The second-order valence-corrected chi connectivity index (χ2v) is 5.35. The molecular weight excluding hydrogens is 252 g/mol. The summed E-state index contributed by atoms with van der Waals surface area (Å²) in [6, 6.07) is 5.74. The van der Waals surface area contributed by atoms with Crippen molar-refractivity contribution in [3.63, 3.8) is 0 Å². The highest BCUT2D eigenvalue weighted by atomic mass is 16.3. The zero-order chi connectivity index (χ0) is 14.2. The van der Waals surface area contributed by atoms with Crippen molar-refractivity contribution in [1.82, 2.24) is 10.3 Å². The molecule has 0 radical (unpaired) electrons. The minimum Gasteiger partial charge on any atom is -0.396 e. The van der Waals surface area contributed by atoms with Crippen LogP contribution in [-0.4, -0.2) is 29.1 Å². The first-order chi connectivity index (χ1) is 9.78. The number of carbonyl (C=O) groups is 1. The van der Waals surface area contributed by atoms with Crippen LogP contribution < -0.4 is 5.32 Å². The van der Waals surface area contributed by atoms with Crippen LogP contribution in [0.4, 0.5) is 0 Å². The number of amides is 1. The average molecular weight is 274 g/mol. The van der Waals surface area contributed by atoms with Crippen molar-refractivity contribution in [3.05, 3.63) is 42.2 Å². The lowest BCUT2D eigenvalue weighted by molar-refractivity contribution is -0.121. The first kappa shape index (κ1) is 14.7. The molecule has 2 atom stereocenters. The molecule has 0 fully saturated rings. The molecular formula is C16H22N2O2. The van der Waals surface area contributed by atoms with E-state index in [0.717, 1.165) is 18.5 Å². The van der Waals surface area contributed by atoms with E-state index in [0.29, 0.717) is 25.3 Å². The number of aliphatic hydroxyl groups is 1. The summed E-state index contributed by atoms with van der Waals surface area (Å²) in [5.74, 6) is 0.479. The highest BCUT2D eigenvalue weighted by Crippen LogP contribution is 2.20. The van der Waals surface area contributed by atoms with Crippen LogP contribution in [0.3, 0.4) is 0 Å². The number of aliphatic hydroxyl groups excluding tert-OH is 1. The van der Waals surface area contributed by atoms with Gasteiger partial charge in [-0.05, 0) is 37.3 Å². The van der Waals surface area contributed by atoms with Crippen molar-refractivity contribution in [2.45, 2.75) is 25.7 Å². The number of aromatic nitrogens is 1. The quantitative estimate of drug-likeness (QED) is 0.744. The molecule has 1 amide bonds. The van der Waals surface area contributed by atoms with E-state index < -0.39 is 0 Å². The molecule has 0 saturated carbocycles. The van der Waals surface area contributed by atoms with Gasteiger partial charge in [-0.25, -0.2) is 0 Å². The number of hydrogen-bond acceptors (Lipinski definition) is 3. The zero-order valence-electron chi connectivity index (χ0n) is 11.7. The fourth-order valence-electron chi connectivity index (χ4n) is 2.45. The molecule has 1 aliphatic rings. The van der Waals surface area contributed by atoms with Gasteiger partial charge in [-0.1, -0.05) is 18.2 Å². The SMILES string of the molecule is O=C(CC1C=CCC1)NCC(CO)Cc1ccccn1. The van der Waals surface area contributed by atoms with Gasteiger partial charge in [-0.15, -0.1) is 0 Å². The molecule has 0 saturated heterocycles. The molecule has 1 aliphatic carbocycles. The summed E-state index contributed by atoms with van der Waals surface area (Å²) in [5.41, 5.74) is 0.944. The number of hydrogen-bond donors (Lipinski definition) is 2. The Bertz CT molecular complexity index is 445. The Morgan fingerprint density at radius 1 is 1.50 bits per heavy atom. The summed E-state index contributed by atoms with van der Waals surface area (Å²) < 4.78 is 0. The van der Waals surface area contributed by atoms with E-state index in [2.05, 4.69) is 22.5 Å². The number of nitrogens with one attached hydrogen (secondary N) is 1. The van der Waals surface area contributed by atoms with E-state index in [1.54, 1.807) is 6.20 Å². The Morgan fingerprint density at radius 3 is 3.05 bits per heavy atom. The Morgan fingerprint density at radius 2 is 2.40 bits per heavy atom. The molecule has 0 bridgehead atoms. The zero-order valence-corrected chi connectivity index (χ0v) is 11.7. The topological polar surface area (TPSA) is 62.2 Å². The van der Waals surface area contributed by atoms with Crippen LogP contribution in [0.1, 0.15) is 25.0 Å². The largest absolute Gasteiger partial charge is 0.396 e. The predicted molar refractivity (Wildman–Crippen MR) is 78.0 cm³/mol. The molecule has 1 aromatic heterocycles. The maximum absolute atomic E-state index is 11.8. The van der Waals surface area contributed by atoms with Crippen LogP contribution in [-0.2, 0) is 11.2 Å². The first-order valence-electron chi connectivity index (χ1n) is 7.22. The number of allylic oxidation sites excluding steroid dienone is 2. The van der Waals surface area contributed by atoms with E-state index in [1.165, 1.54) is 0 Å². The Kier molecular flexibility index (Phi) is 5.74. The summed E-state index contributed by atoms with van der Waals surface area (Å²) >= 11 is 0. The molecule has 4 nitrogen and oxygen atoms in total. The van der Waals surface area contributed by atoms with Gasteiger partial charge < -0.3 is 10.4 Å². The lowest BCUT2D eigenvalue weighted by atomic mass is 10.0. The Hall–Kier alpha value is -1.68. The maximum atomic E-state index is 11.8. The highest BCUT2D eigenvalue weighted by Gasteiger charge is 2.15. The van der Waals surface area contributed by atoms with Gasteiger partial charge in [0.15, 0.2) is 0 Å². The van der Waals surface area contributed by atoms with E-state index in [-0.39, 0.29) is 18.4 Å². The Balaban J connectivity index is 1.72. The van der Waals surface area contributed by atoms with Crippen LogP contribution in [0.25, 0.3) is 0 Å². The van der Waals surface area contributed by atoms with Crippen molar-refractivity contribution < 1.29 is 9.90 Å². The third-order valence-corrected chi connectivity index (χ3v) is 3.63. The van der Waals surface area contributed by atoms with E-state index >= 15 is 0 Å². The molecule has 0 aromatic carbocycles. The number of pyridine rings is 1. The standard InChI is InChI=1S/C16H22N2O2/c19-12-14(9-15-7-3-4-8-17-15)11-18-16(20)10-13-5-1-2-6-13/h1,3-5,7-8,13-14,19H,2,6,9-12H2,(H,18,20). The van der Waals surface area contributed by atoms with Gasteiger partial charge in [0.1, 0.15) is 0 Å². The fourth-order valence-corrected chi connectivity index (χ4v) is 2.45. The van der Waals surface area contributed by atoms with Gasteiger partial charge in [0.05, 0.1) is 0 Å². The van der Waals surface area contributed by atoms with Crippen LogP contribution in [0.15, 0.2) is 36.5 Å². The summed E-state index contributed by atoms with van der Waals surface area (Å²) in [6.45, 7) is 0.558. The van der Waals surface area contributed by atoms with E-state index in [9.17, 15) is 9.90 Å². The number of carbonyl (C=O) groups excluding carboxylic acids is 1. The van der Waals surface area contributed by atoms with Crippen molar-refractivity contribution in [1.29, 1.82) is 0 Å². The molecule has 1 heterocycles. The molecule has 0 spiro atoms. The van der Waals surface area contributed by atoms with Crippen LogP contribution in [0.2, 0.25) is 0 Å². The molecule has 2 N–H and O–H groups in total. The van der Waals surface area contributed by atoms with Gasteiger partial charge in [-0.3, -0.25) is 9.78 Å². The summed E-state index contributed by atoms with van der Waals surface area (Å²) in [7, 11) is 0. The fraction of sp³-hybridized carbons (Fsp3) is 0.500. The smallest absolute Gasteiger partial charge is 0.220 e. The second kappa shape index (κ2) is 7.80. The molecule has 0 aliphatic heterocycles. The molecule has 2 rings (SSSR count). The van der Waals surface area contributed by atoms with Crippen molar-refractivity contribution in [3.8, 4) is 0 Å². The normalized spacial score (nSPS) is 18.9. The molecule has 4 heteroatoms. The number of rotatable bonds is 7. The minimum absolute atomic E-state index is 0.0213. The molecule has 2 unspecified atom stereocenters. The minimum atomic E-state index is 0.0213. The summed E-state index contributed by atoms with van der Waals surface area (Å²) in [6.07, 6.45) is 9.39. The molecule has 1 aromatic rings. The van der Waals surface area contributed by atoms with Crippen molar-refractivity contribution in [2.75, 3.05) is 13.2 Å². The van der Waals surface area contributed by atoms with Crippen LogP contribution in [0.5, 0.6) is 0 Å². The van der Waals surface area contributed by atoms with Gasteiger partial charge >= 0.3 is 0 Å². The molecule has 108 valence electrons. The van der Waals surface area contributed by atoms with Gasteiger partial charge in [0.2, 0.25) is 5.91 Å². The lowest BCUT2D eigenvalue weighted by Gasteiger charge is -2.15.